The number of hydrogen-bond donors (Lipinski definition) is 4. The van der Waals surface area contributed by atoms with Gasteiger partial charge in [0.25, 0.3) is 0 Å². The van der Waals surface area contributed by atoms with E-state index in [1.165, 1.54) is 0 Å². The van der Waals surface area contributed by atoms with Gasteiger partial charge >= 0.3 is 0 Å². The molecule has 0 bridgehead atoms. The highest BCUT2D eigenvalue weighted by atomic mass is 16.3. The Morgan fingerprint density at radius 2 is 2.11 bits per heavy atom. The van der Waals surface area contributed by atoms with Crippen molar-refractivity contribution in [2.24, 2.45) is 0 Å². The van der Waals surface area contributed by atoms with E-state index in [0.29, 0.717) is 19.5 Å². The molecule has 1 aromatic rings. The second-order valence-electron chi connectivity index (χ2n) is 4.79. The molecule has 1 fully saturated rings. The van der Waals surface area contributed by atoms with Gasteiger partial charge < -0.3 is 21.1 Å². The van der Waals surface area contributed by atoms with Gasteiger partial charge in [0, 0.05) is 25.3 Å². The van der Waals surface area contributed by atoms with Gasteiger partial charge in [0.1, 0.15) is 0 Å². The van der Waals surface area contributed by atoms with Crippen molar-refractivity contribution in [3.63, 3.8) is 0 Å². The number of para-hydroxylation sites is 1. The van der Waals surface area contributed by atoms with Gasteiger partial charge in [-0.05, 0) is 25.0 Å². The van der Waals surface area contributed by atoms with Gasteiger partial charge in [-0.25, -0.2) is 0 Å². The molecule has 0 saturated carbocycles. The minimum atomic E-state index is -0.393. The Bertz CT molecular complexity index is 397. The summed E-state index contributed by atoms with van der Waals surface area (Å²) < 4.78 is 0. The van der Waals surface area contributed by atoms with Crippen LogP contribution in [0.15, 0.2) is 30.3 Å². The van der Waals surface area contributed by atoms with Gasteiger partial charge in [-0.1, -0.05) is 18.2 Å². The van der Waals surface area contributed by atoms with Crippen LogP contribution >= 0.6 is 0 Å². The van der Waals surface area contributed by atoms with E-state index in [4.69, 9.17) is 0 Å². The second-order valence-corrected chi connectivity index (χ2v) is 4.79. The van der Waals surface area contributed by atoms with Crippen LogP contribution in [0.4, 0.5) is 5.69 Å². The van der Waals surface area contributed by atoms with Crippen molar-refractivity contribution < 1.29 is 9.90 Å². The van der Waals surface area contributed by atoms with Crippen molar-refractivity contribution in [2.45, 2.75) is 25.0 Å². The third kappa shape index (κ3) is 4.54. The monoisotopic (exact) mass is 263 g/mol. The third-order valence-corrected chi connectivity index (χ3v) is 3.18. The highest BCUT2D eigenvalue weighted by Crippen LogP contribution is 2.06. The number of benzene rings is 1. The number of aliphatic hydroxyl groups excluding tert-OH is 1. The van der Waals surface area contributed by atoms with Gasteiger partial charge in [-0.2, -0.15) is 0 Å². The van der Waals surface area contributed by atoms with Crippen LogP contribution in [-0.2, 0) is 4.79 Å². The van der Waals surface area contributed by atoms with Crippen molar-refractivity contribution in [3.05, 3.63) is 30.3 Å². The lowest BCUT2D eigenvalue weighted by Gasteiger charge is -2.11. The fraction of sp³-hybridized carbons (Fsp3) is 0.500. The average molecular weight is 263 g/mol. The Morgan fingerprint density at radius 3 is 2.79 bits per heavy atom. The molecule has 0 aromatic heterocycles. The smallest absolute Gasteiger partial charge is 0.237 e. The molecule has 1 aromatic carbocycles. The molecule has 1 saturated heterocycles. The summed E-state index contributed by atoms with van der Waals surface area (Å²) in [5.41, 5.74) is 1.09. The molecule has 19 heavy (non-hydrogen) atoms. The molecule has 2 atom stereocenters. The molecule has 0 radical (unpaired) electrons. The van der Waals surface area contributed by atoms with Crippen LogP contribution in [0.25, 0.3) is 0 Å². The molecular formula is C14H21N3O2. The fourth-order valence-electron chi connectivity index (χ4n) is 2.13. The molecule has 2 unspecified atom stereocenters. The first-order valence-electron chi connectivity index (χ1n) is 6.74. The maximum absolute atomic E-state index is 11.7. The van der Waals surface area contributed by atoms with E-state index >= 15 is 0 Å². The first kappa shape index (κ1) is 13.8. The van der Waals surface area contributed by atoms with Crippen molar-refractivity contribution >= 4 is 11.6 Å². The number of anilines is 1. The third-order valence-electron chi connectivity index (χ3n) is 3.18. The number of carbonyl (C=O) groups is 1. The molecule has 1 aliphatic rings. The number of nitrogens with one attached hydrogen (secondary N) is 3. The standard InChI is InChI=1S/C14H21N3O2/c18-12-9-13(17-10-12)14(19)16-8-4-7-15-11-5-2-1-3-6-11/h1-3,5-6,12-13,15,17-18H,4,7-10H2,(H,16,19). The van der Waals surface area contributed by atoms with Crippen LogP contribution in [-0.4, -0.2) is 42.8 Å². The molecule has 1 heterocycles. The number of rotatable bonds is 6. The number of β-amino-alcohol motifs (C(OH)–C–C–N with tert-alkyl or cyclic N) is 1. The number of hydrogen-bond acceptors (Lipinski definition) is 4. The zero-order valence-electron chi connectivity index (χ0n) is 10.9. The van der Waals surface area contributed by atoms with E-state index in [1.54, 1.807) is 0 Å². The quantitative estimate of drug-likeness (QED) is 0.558. The summed E-state index contributed by atoms with van der Waals surface area (Å²) in [5.74, 6) is -0.0174. The van der Waals surface area contributed by atoms with Crippen molar-refractivity contribution in [1.29, 1.82) is 0 Å². The molecular weight excluding hydrogens is 242 g/mol. The second kappa shape index (κ2) is 7.11. The number of carbonyl (C=O) groups excluding carboxylic acids is 1. The van der Waals surface area contributed by atoms with Gasteiger partial charge in [-0.15, -0.1) is 0 Å². The Morgan fingerprint density at radius 1 is 1.32 bits per heavy atom. The van der Waals surface area contributed by atoms with Crippen LogP contribution < -0.4 is 16.0 Å². The molecule has 104 valence electrons. The zero-order chi connectivity index (χ0) is 13.5. The summed E-state index contributed by atoms with van der Waals surface area (Å²) in [6, 6.07) is 9.75. The van der Waals surface area contributed by atoms with Crippen molar-refractivity contribution in [1.82, 2.24) is 10.6 Å². The average Bonchev–Trinajstić information content (AvgIpc) is 2.86. The van der Waals surface area contributed by atoms with Gasteiger partial charge in [0.2, 0.25) is 5.91 Å². The van der Waals surface area contributed by atoms with Gasteiger partial charge in [0.05, 0.1) is 12.1 Å². The maximum atomic E-state index is 11.7. The lowest BCUT2D eigenvalue weighted by molar-refractivity contribution is -0.122. The van der Waals surface area contributed by atoms with Crippen LogP contribution in [0.2, 0.25) is 0 Å². The van der Waals surface area contributed by atoms with E-state index in [-0.39, 0.29) is 11.9 Å². The minimum Gasteiger partial charge on any atom is -0.392 e. The topological polar surface area (TPSA) is 73.4 Å². The first-order valence-corrected chi connectivity index (χ1v) is 6.74. The van der Waals surface area contributed by atoms with Crippen molar-refractivity contribution in [2.75, 3.05) is 25.0 Å². The molecule has 4 N–H and O–H groups in total. The Hall–Kier alpha value is -1.59. The highest BCUT2D eigenvalue weighted by Gasteiger charge is 2.27. The number of amides is 1. The summed E-state index contributed by atoms with van der Waals surface area (Å²) in [7, 11) is 0. The van der Waals surface area contributed by atoms with Gasteiger partial charge in [-0.3, -0.25) is 4.79 Å². The van der Waals surface area contributed by atoms with Crippen molar-refractivity contribution in [3.8, 4) is 0 Å². The Labute approximate surface area is 113 Å². The van der Waals surface area contributed by atoms with E-state index in [1.807, 2.05) is 30.3 Å². The number of aliphatic hydroxyl groups is 1. The van der Waals surface area contributed by atoms with Crippen LogP contribution in [0, 0.1) is 0 Å². The molecule has 2 rings (SSSR count). The summed E-state index contributed by atoms with van der Waals surface area (Å²) in [6.45, 7) is 1.98. The molecule has 5 heteroatoms. The van der Waals surface area contributed by atoms with Crippen LogP contribution in [0.3, 0.4) is 0 Å². The fourth-order valence-corrected chi connectivity index (χ4v) is 2.13. The van der Waals surface area contributed by atoms with Gasteiger partial charge in [0.15, 0.2) is 0 Å². The molecule has 0 spiro atoms. The van der Waals surface area contributed by atoms with E-state index in [2.05, 4.69) is 16.0 Å². The summed E-state index contributed by atoms with van der Waals surface area (Å²) >= 11 is 0. The highest BCUT2D eigenvalue weighted by molar-refractivity contribution is 5.82. The van der Waals surface area contributed by atoms with E-state index < -0.39 is 6.10 Å². The summed E-state index contributed by atoms with van der Waals surface area (Å²) in [4.78, 5) is 11.7. The zero-order valence-corrected chi connectivity index (χ0v) is 10.9. The Kier molecular flexibility index (Phi) is 5.18. The normalized spacial score (nSPS) is 22.2. The minimum absolute atomic E-state index is 0.0174. The predicted molar refractivity (Wildman–Crippen MR) is 75.0 cm³/mol. The largest absolute Gasteiger partial charge is 0.392 e. The Balaban J connectivity index is 1.56. The first-order chi connectivity index (χ1) is 9.25. The molecule has 1 aliphatic heterocycles. The summed E-state index contributed by atoms with van der Waals surface area (Å²) in [5, 5.41) is 18.5. The maximum Gasteiger partial charge on any atom is 0.237 e. The lowest BCUT2D eigenvalue weighted by Crippen LogP contribution is -2.41. The lowest BCUT2D eigenvalue weighted by atomic mass is 10.2. The van der Waals surface area contributed by atoms with Crippen LogP contribution in [0.1, 0.15) is 12.8 Å². The van der Waals surface area contributed by atoms with Crippen LogP contribution in [0.5, 0.6) is 0 Å². The van der Waals surface area contributed by atoms with E-state index in [0.717, 1.165) is 18.7 Å². The predicted octanol–water partition coefficient (Wildman–Crippen LogP) is 0.328. The molecule has 0 aliphatic carbocycles. The SMILES string of the molecule is O=C(NCCCNc1ccccc1)C1CC(O)CN1. The summed E-state index contributed by atoms with van der Waals surface area (Å²) in [6.07, 6.45) is 0.986. The molecule has 1 amide bonds. The van der Waals surface area contributed by atoms with E-state index in [9.17, 15) is 9.90 Å². The molecule has 5 nitrogen and oxygen atoms in total.